The Morgan fingerprint density at radius 3 is 1.59 bits per heavy atom. The van der Waals surface area contributed by atoms with Gasteiger partial charge in [-0.2, -0.15) is 0 Å². The van der Waals surface area contributed by atoms with Gasteiger partial charge in [0.25, 0.3) is 0 Å². The van der Waals surface area contributed by atoms with Crippen LogP contribution in [0.5, 0.6) is 0 Å². The summed E-state index contributed by atoms with van der Waals surface area (Å²) in [6, 6.07) is 29.9. The van der Waals surface area contributed by atoms with Gasteiger partial charge in [0, 0.05) is 0 Å². The van der Waals surface area contributed by atoms with Crippen LogP contribution in [0.3, 0.4) is 0 Å². The summed E-state index contributed by atoms with van der Waals surface area (Å²) in [5.74, 6) is 0. The van der Waals surface area contributed by atoms with Crippen LogP contribution in [0.25, 0.3) is 0 Å². The standard InChI is InChI=1S/C19H20N2Si/c20-19(21)15-8-7-13-18(14-15)22(16-9-3-1-4-10-16)17-11-5-2-6-12-17/h1-14,19,22H,20-21H2. The summed E-state index contributed by atoms with van der Waals surface area (Å²) in [6.45, 7) is 0. The van der Waals surface area contributed by atoms with E-state index in [0.29, 0.717) is 0 Å². The van der Waals surface area contributed by atoms with E-state index in [1.54, 1.807) is 0 Å². The summed E-state index contributed by atoms with van der Waals surface area (Å²) in [5, 5.41) is 4.14. The maximum Gasteiger partial charge on any atom is 0.132 e. The molecule has 0 heterocycles. The molecule has 0 aromatic heterocycles. The van der Waals surface area contributed by atoms with E-state index < -0.39 is 15.0 Å². The Bertz CT molecular complexity index is 687. The van der Waals surface area contributed by atoms with E-state index in [-0.39, 0.29) is 0 Å². The highest BCUT2D eigenvalue weighted by molar-refractivity contribution is 6.95. The molecule has 0 saturated carbocycles. The van der Waals surface area contributed by atoms with Gasteiger partial charge in [0.15, 0.2) is 0 Å². The second kappa shape index (κ2) is 6.71. The largest absolute Gasteiger partial charge is 0.312 e. The first-order chi connectivity index (χ1) is 10.8. The minimum Gasteiger partial charge on any atom is -0.312 e. The predicted molar refractivity (Wildman–Crippen MR) is 96.5 cm³/mol. The maximum atomic E-state index is 5.85. The van der Waals surface area contributed by atoms with E-state index in [1.165, 1.54) is 15.6 Å². The summed E-state index contributed by atoms with van der Waals surface area (Å²) in [7, 11) is -1.49. The monoisotopic (exact) mass is 304 g/mol. The summed E-state index contributed by atoms with van der Waals surface area (Å²) in [5.41, 5.74) is 12.7. The van der Waals surface area contributed by atoms with Crippen molar-refractivity contribution in [2.75, 3.05) is 0 Å². The number of hydrogen-bond donors (Lipinski definition) is 2. The quantitative estimate of drug-likeness (QED) is 0.426. The molecule has 4 N–H and O–H groups in total. The Hall–Kier alpha value is -2.20. The second-order valence-electron chi connectivity index (χ2n) is 5.45. The summed E-state index contributed by atoms with van der Waals surface area (Å²) < 4.78 is 0. The summed E-state index contributed by atoms with van der Waals surface area (Å²) >= 11 is 0. The average Bonchev–Trinajstić information content (AvgIpc) is 2.57. The van der Waals surface area contributed by atoms with E-state index in [1.807, 2.05) is 6.07 Å². The highest BCUT2D eigenvalue weighted by atomic mass is 28.3. The van der Waals surface area contributed by atoms with Gasteiger partial charge < -0.3 is 11.5 Å². The molecule has 0 radical (unpaired) electrons. The van der Waals surface area contributed by atoms with E-state index in [0.717, 1.165) is 5.56 Å². The van der Waals surface area contributed by atoms with Crippen molar-refractivity contribution in [2.24, 2.45) is 11.5 Å². The van der Waals surface area contributed by atoms with Gasteiger partial charge in [-0.1, -0.05) is 100 Å². The van der Waals surface area contributed by atoms with Crippen LogP contribution in [-0.4, -0.2) is 8.80 Å². The van der Waals surface area contributed by atoms with Gasteiger partial charge in [-0.15, -0.1) is 0 Å². The normalized spacial score (nSPS) is 11.1. The Labute approximate surface area is 133 Å². The molecule has 3 heteroatoms. The number of nitrogens with two attached hydrogens (primary N) is 2. The molecule has 0 atom stereocenters. The highest BCUT2D eigenvalue weighted by Gasteiger charge is 2.19. The lowest BCUT2D eigenvalue weighted by atomic mass is 10.2. The zero-order chi connectivity index (χ0) is 15.4. The van der Waals surface area contributed by atoms with Gasteiger partial charge in [-0.25, -0.2) is 0 Å². The Morgan fingerprint density at radius 1 is 0.591 bits per heavy atom. The zero-order valence-corrected chi connectivity index (χ0v) is 13.5. The van der Waals surface area contributed by atoms with Crippen molar-refractivity contribution in [3.63, 3.8) is 0 Å². The van der Waals surface area contributed by atoms with E-state index in [2.05, 4.69) is 78.9 Å². The fourth-order valence-corrected chi connectivity index (χ4v) is 5.85. The lowest BCUT2D eigenvalue weighted by Gasteiger charge is -2.18. The van der Waals surface area contributed by atoms with Crippen molar-refractivity contribution in [1.82, 2.24) is 0 Å². The third kappa shape index (κ3) is 3.17. The van der Waals surface area contributed by atoms with Crippen molar-refractivity contribution in [3.05, 3.63) is 90.5 Å². The second-order valence-corrected chi connectivity index (χ2v) is 8.32. The van der Waals surface area contributed by atoms with Crippen LogP contribution in [0, 0.1) is 0 Å². The molecule has 0 bridgehead atoms. The first-order valence-corrected chi connectivity index (χ1v) is 9.20. The predicted octanol–water partition coefficient (Wildman–Crippen LogP) is 0.851. The molecule has 0 aliphatic carbocycles. The van der Waals surface area contributed by atoms with Crippen LogP contribution in [0.2, 0.25) is 0 Å². The third-order valence-corrected chi connectivity index (χ3v) is 7.02. The lowest BCUT2D eigenvalue weighted by Crippen LogP contribution is -2.52. The van der Waals surface area contributed by atoms with Crippen LogP contribution in [0.4, 0.5) is 0 Å². The van der Waals surface area contributed by atoms with Crippen LogP contribution in [0.1, 0.15) is 11.7 Å². The number of rotatable bonds is 4. The molecule has 0 amide bonds. The summed E-state index contributed by atoms with van der Waals surface area (Å²) in [4.78, 5) is 0. The van der Waals surface area contributed by atoms with Gasteiger partial charge in [-0.05, 0) is 5.56 Å². The molecule has 3 aromatic rings. The van der Waals surface area contributed by atoms with Crippen LogP contribution < -0.4 is 27.0 Å². The smallest absolute Gasteiger partial charge is 0.132 e. The molecule has 3 rings (SSSR count). The molecule has 110 valence electrons. The minimum atomic E-state index is -1.49. The molecule has 0 fully saturated rings. The first-order valence-electron chi connectivity index (χ1n) is 7.46. The Kier molecular flexibility index (Phi) is 4.49. The molecule has 0 aliphatic heterocycles. The first kappa shape index (κ1) is 14.7. The highest BCUT2D eigenvalue weighted by Crippen LogP contribution is 2.04. The van der Waals surface area contributed by atoms with Crippen molar-refractivity contribution in [3.8, 4) is 0 Å². The van der Waals surface area contributed by atoms with Gasteiger partial charge in [0.1, 0.15) is 8.80 Å². The van der Waals surface area contributed by atoms with Crippen molar-refractivity contribution >= 4 is 24.4 Å². The molecule has 0 spiro atoms. The van der Waals surface area contributed by atoms with Crippen LogP contribution in [0.15, 0.2) is 84.9 Å². The van der Waals surface area contributed by atoms with Gasteiger partial charge in [0.05, 0.1) is 6.17 Å². The topological polar surface area (TPSA) is 52.0 Å². The van der Waals surface area contributed by atoms with Crippen molar-refractivity contribution < 1.29 is 0 Å². The van der Waals surface area contributed by atoms with E-state index >= 15 is 0 Å². The average molecular weight is 304 g/mol. The fourth-order valence-electron chi connectivity index (χ4n) is 2.81. The molecular weight excluding hydrogens is 284 g/mol. The molecule has 0 saturated heterocycles. The van der Waals surface area contributed by atoms with Gasteiger partial charge in [-0.3, -0.25) is 0 Å². The van der Waals surface area contributed by atoms with Crippen LogP contribution in [-0.2, 0) is 0 Å². The van der Waals surface area contributed by atoms with Gasteiger partial charge in [0.2, 0.25) is 0 Å². The van der Waals surface area contributed by atoms with E-state index in [9.17, 15) is 0 Å². The van der Waals surface area contributed by atoms with Gasteiger partial charge >= 0.3 is 0 Å². The van der Waals surface area contributed by atoms with Crippen molar-refractivity contribution in [2.45, 2.75) is 6.17 Å². The molecular formula is C19H20N2Si. The Morgan fingerprint density at radius 2 is 1.09 bits per heavy atom. The lowest BCUT2D eigenvalue weighted by molar-refractivity contribution is 0.774. The molecule has 0 aliphatic rings. The molecule has 0 unspecified atom stereocenters. The SMILES string of the molecule is NC(N)c1cccc([SiH](c2ccccc2)c2ccccc2)c1. The molecule has 2 nitrogen and oxygen atoms in total. The molecule has 22 heavy (non-hydrogen) atoms. The van der Waals surface area contributed by atoms with Crippen molar-refractivity contribution in [1.29, 1.82) is 0 Å². The summed E-state index contributed by atoms with van der Waals surface area (Å²) in [6.07, 6.45) is -0.429. The zero-order valence-electron chi connectivity index (χ0n) is 12.4. The number of hydrogen-bond acceptors (Lipinski definition) is 2. The number of benzene rings is 3. The van der Waals surface area contributed by atoms with Crippen LogP contribution >= 0.6 is 0 Å². The minimum absolute atomic E-state index is 0.429. The third-order valence-electron chi connectivity index (χ3n) is 3.89. The Balaban J connectivity index is 2.12. The fraction of sp³-hybridized carbons (Fsp3) is 0.0526. The maximum absolute atomic E-state index is 5.85. The van der Waals surface area contributed by atoms with E-state index in [4.69, 9.17) is 11.5 Å². The molecule has 3 aromatic carbocycles.